The molecule has 2 aromatic carbocycles. The molecule has 0 aliphatic rings. The number of rotatable bonds is 7. The zero-order valence-electron chi connectivity index (χ0n) is 19.7. The molecular weight excluding hydrogens is 490 g/mol. The van der Waals surface area contributed by atoms with Crippen LogP contribution in [0.1, 0.15) is 30.8 Å². The standard InChI is InChI=1S/C24H26ClN5O4S/c1-15(2)34-22(31)14-18-5-9-20(10-6-18)28-24(29-23-26-16(3)13-17(4)27-23)30-35(32,33)21-11-7-19(25)8-12-21/h5-13,15H,14H2,1-4H3,(H2,26,27,28,29,30). The van der Waals surface area contributed by atoms with Gasteiger partial charge in [0.15, 0.2) is 0 Å². The second-order valence-electron chi connectivity index (χ2n) is 8.01. The van der Waals surface area contributed by atoms with E-state index < -0.39 is 10.0 Å². The minimum atomic E-state index is -4.08. The Morgan fingerprint density at radius 1 is 1.00 bits per heavy atom. The van der Waals surface area contributed by atoms with Gasteiger partial charge in [-0.3, -0.25) is 10.1 Å². The zero-order valence-corrected chi connectivity index (χ0v) is 21.3. The van der Waals surface area contributed by atoms with Gasteiger partial charge in [-0.15, -0.1) is 4.40 Å². The molecule has 0 unspecified atom stereocenters. The Labute approximate surface area is 209 Å². The van der Waals surface area contributed by atoms with Crippen LogP contribution in [0.4, 0.5) is 11.6 Å². The maximum Gasteiger partial charge on any atom is 0.310 e. The molecular formula is C24H26ClN5O4S. The van der Waals surface area contributed by atoms with Crippen molar-refractivity contribution < 1.29 is 17.9 Å². The second-order valence-corrected chi connectivity index (χ2v) is 10.0. The highest BCUT2D eigenvalue weighted by atomic mass is 35.5. The third-order valence-corrected chi connectivity index (χ3v) is 6.01. The lowest BCUT2D eigenvalue weighted by atomic mass is 10.1. The highest BCUT2D eigenvalue weighted by molar-refractivity contribution is 7.90. The second kappa shape index (κ2) is 11.3. The number of hydrogen-bond donors (Lipinski definition) is 2. The fraction of sp³-hybridized carbons (Fsp3) is 0.250. The van der Waals surface area contributed by atoms with Crippen molar-refractivity contribution in [3.05, 3.63) is 76.6 Å². The van der Waals surface area contributed by atoms with E-state index in [1.54, 1.807) is 58.0 Å². The first kappa shape index (κ1) is 26.1. The van der Waals surface area contributed by atoms with Crippen LogP contribution in [0.3, 0.4) is 0 Å². The van der Waals surface area contributed by atoms with E-state index in [0.29, 0.717) is 22.1 Å². The number of hydrogen-bond acceptors (Lipinski definition) is 6. The summed E-state index contributed by atoms with van der Waals surface area (Å²) in [4.78, 5) is 20.5. The number of guanidine groups is 1. The number of carbonyl (C=O) groups excluding carboxylic acids is 1. The number of benzene rings is 2. The molecule has 9 nitrogen and oxygen atoms in total. The summed E-state index contributed by atoms with van der Waals surface area (Å²) in [5.41, 5.74) is 2.70. The molecule has 184 valence electrons. The Morgan fingerprint density at radius 3 is 2.17 bits per heavy atom. The van der Waals surface area contributed by atoms with Crippen molar-refractivity contribution >= 4 is 45.2 Å². The van der Waals surface area contributed by atoms with Crippen molar-refractivity contribution in [2.24, 2.45) is 4.40 Å². The summed E-state index contributed by atoms with van der Waals surface area (Å²) in [6.07, 6.45) is -0.0673. The van der Waals surface area contributed by atoms with Gasteiger partial charge in [-0.1, -0.05) is 23.7 Å². The third kappa shape index (κ3) is 8.04. The van der Waals surface area contributed by atoms with Gasteiger partial charge in [0, 0.05) is 22.1 Å². The van der Waals surface area contributed by atoms with Crippen LogP contribution < -0.4 is 10.6 Å². The average molecular weight is 516 g/mol. The van der Waals surface area contributed by atoms with Gasteiger partial charge in [-0.05, 0) is 75.7 Å². The van der Waals surface area contributed by atoms with Gasteiger partial charge in [0.05, 0.1) is 17.4 Å². The summed E-state index contributed by atoms with van der Waals surface area (Å²) in [5, 5.41) is 6.21. The first-order valence-corrected chi connectivity index (χ1v) is 12.6. The van der Waals surface area contributed by atoms with Crippen LogP contribution in [-0.4, -0.2) is 36.4 Å². The number of halogens is 1. The predicted octanol–water partition coefficient (Wildman–Crippen LogP) is 4.51. The molecule has 3 rings (SSSR count). The van der Waals surface area contributed by atoms with Crippen LogP contribution in [0.2, 0.25) is 5.02 Å². The van der Waals surface area contributed by atoms with Crippen molar-refractivity contribution in [3.8, 4) is 0 Å². The molecule has 0 bridgehead atoms. The minimum absolute atomic E-state index is 0.0247. The first-order chi connectivity index (χ1) is 16.5. The van der Waals surface area contributed by atoms with E-state index >= 15 is 0 Å². The zero-order chi connectivity index (χ0) is 25.6. The summed E-state index contributed by atoms with van der Waals surface area (Å²) in [7, 11) is -4.08. The van der Waals surface area contributed by atoms with Crippen molar-refractivity contribution in [1.29, 1.82) is 0 Å². The van der Waals surface area contributed by atoms with Crippen LogP contribution in [-0.2, 0) is 26.0 Å². The molecule has 0 fully saturated rings. The molecule has 11 heteroatoms. The largest absolute Gasteiger partial charge is 0.463 e. The number of ether oxygens (including phenoxy) is 1. The van der Waals surface area contributed by atoms with E-state index in [9.17, 15) is 13.2 Å². The number of carbonyl (C=O) groups is 1. The monoisotopic (exact) mass is 515 g/mol. The first-order valence-electron chi connectivity index (χ1n) is 10.8. The fourth-order valence-corrected chi connectivity index (χ4v) is 4.10. The Balaban J connectivity index is 1.88. The average Bonchev–Trinajstić information content (AvgIpc) is 2.74. The van der Waals surface area contributed by atoms with E-state index in [-0.39, 0.29) is 35.3 Å². The maximum atomic E-state index is 12.9. The Morgan fingerprint density at radius 2 is 1.60 bits per heavy atom. The molecule has 0 saturated carbocycles. The third-order valence-electron chi connectivity index (χ3n) is 4.47. The summed E-state index contributed by atoms with van der Waals surface area (Å²) >= 11 is 5.88. The van der Waals surface area contributed by atoms with Gasteiger partial charge < -0.3 is 10.1 Å². The molecule has 0 aliphatic carbocycles. The number of aromatic nitrogens is 2. The maximum absolute atomic E-state index is 12.9. The van der Waals surface area contributed by atoms with Gasteiger partial charge in [0.2, 0.25) is 11.9 Å². The highest BCUT2D eigenvalue weighted by Crippen LogP contribution is 2.18. The number of nitrogens with zero attached hydrogens (tertiary/aromatic N) is 3. The number of esters is 1. The Bertz CT molecular complexity index is 1300. The topological polar surface area (TPSA) is 123 Å². The lowest BCUT2D eigenvalue weighted by molar-refractivity contribution is -0.146. The number of nitrogens with one attached hydrogen (secondary N) is 2. The van der Waals surface area contributed by atoms with Gasteiger partial charge in [0.25, 0.3) is 10.0 Å². The lowest BCUT2D eigenvalue weighted by Gasteiger charge is -2.13. The van der Waals surface area contributed by atoms with Crippen molar-refractivity contribution in [3.63, 3.8) is 0 Å². The van der Waals surface area contributed by atoms with Crippen molar-refractivity contribution in [2.75, 3.05) is 10.6 Å². The van der Waals surface area contributed by atoms with E-state index in [2.05, 4.69) is 25.0 Å². The van der Waals surface area contributed by atoms with Crippen LogP contribution in [0.5, 0.6) is 0 Å². The number of aryl methyl sites for hydroxylation is 2. The summed E-state index contributed by atoms with van der Waals surface area (Å²) < 4.78 is 35.0. The summed E-state index contributed by atoms with van der Waals surface area (Å²) in [5.74, 6) is -0.240. The molecule has 0 atom stereocenters. The van der Waals surface area contributed by atoms with Crippen molar-refractivity contribution in [1.82, 2.24) is 9.97 Å². The molecule has 0 saturated heterocycles. The molecule has 0 aliphatic heterocycles. The highest BCUT2D eigenvalue weighted by Gasteiger charge is 2.16. The predicted molar refractivity (Wildman–Crippen MR) is 136 cm³/mol. The van der Waals surface area contributed by atoms with Gasteiger partial charge in [-0.25, -0.2) is 9.97 Å². The van der Waals surface area contributed by atoms with E-state index in [1.165, 1.54) is 24.3 Å². The molecule has 1 heterocycles. The van der Waals surface area contributed by atoms with Gasteiger partial charge >= 0.3 is 5.97 Å². The normalized spacial score (nSPS) is 11.9. The quantitative estimate of drug-likeness (QED) is 0.267. The fourth-order valence-electron chi connectivity index (χ4n) is 3.06. The summed E-state index contributed by atoms with van der Waals surface area (Å²) in [6.45, 7) is 7.18. The van der Waals surface area contributed by atoms with Gasteiger partial charge in [-0.2, -0.15) is 8.42 Å². The molecule has 35 heavy (non-hydrogen) atoms. The van der Waals surface area contributed by atoms with Crippen LogP contribution in [0, 0.1) is 13.8 Å². The molecule has 3 aromatic rings. The van der Waals surface area contributed by atoms with Crippen LogP contribution in [0.25, 0.3) is 0 Å². The van der Waals surface area contributed by atoms with Crippen molar-refractivity contribution in [2.45, 2.75) is 45.1 Å². The summed E-state index contributed by atoms with van der Waals surface area (Å²) in [6, 6.07) is 14.4. The Kier molecular flexibility index (Phi) is 8.42. The van der Waals surface area contributed by atoms with E-state index in [4.69, 9.17) is 16.3 Å². The molecule has 0 radical (unpaired) electrons. The van der Waals surface area contributed by atoms with E-state index in [1.807, 2.05) is 0 Å². The molecule has 2 N–H and O–H groups in total. The minimum Gasteiger partial charge on any atom is -0.463 e. The lowest BCUT2D eigenvalue weighted by Crippen LogP contribution is -2.25. The van der Waals surface area contributed by atoms with E-state index in [0.717, 1.165) is 5.56 Å². The SMILES string of the molecule is Cc1cc(C)nc(N/C(=N/S(=O)(=O)c2ccc(Cl)cc2)Nc2ccc(CC(=O)OC(C)C)cc2)n1. The number of anilines is 2. The van der Waals surface area contributed by atoms with Crippen LogP contribution in [0.15, 0.2) is 63.9 Å². The molecule has 1 aromatic heterocycles. The molecule has 0 spiro atoms. The van der Waals surface area contributed by atoms with Crippen LogP contribution >= 0.6 is 11.6 Å². The number of sulfonamides is 1. The van der Waals surface area contributed by atoms with Gasteiger partial charge in [0.1, 0.15) is 0 Å². The smallest absolute Gasteiger partial charge is 0.310 e. The molecule has 0 amide bonds. The Hall–Kier alpha value is -3.50.